The van der Waals surface area contributed by atoms with Crippen LogP contribution in [0.15, 0.2) is 59.4 Å². The van der Waals surface area contributed by atoms with E-state index >= 15 is 0 Å². The van der Waals surface area contributed by atoms with Crippen molar-refractivity contribution in [2.75, 3.05) is 18.0 Å². The fourth-order valence-corrected chi connectivity index (χ4v) is 3.75. The molecular weight excluding hydrogens is 413 g/mol. The molecule has 1 aromatic heterocycles. The van der Waals surface area contributed by atoms with Crippen molar-refractivity contribution in [2.24, 2.45) is 0 Å². The highest BCUT2D eigenvalue weighted by Crippen LogP contribution is 2.26. The number of aromatic nitrogens is 2. The number of nitrogens with zero attached hydrogens (tertiary/aromatic N) is 3. The van der Waals surface area contributed by atoms with Crippen molar-refractivity contribution in [3.63, 3.8) is 0 Å². The average Bonchev–Trinajstić information content (AvgIpc) is 2.78. The van der Waals surface area contributed by atoms with Gasteiger partial charge in [-0.15, -0.1) is 0 Å². The molecule has 0 fully saturated rings. The Morgan fingerprint density at radius 3 is 2.56 bits per heavy atom. The van der Waals surface area contributed by atoms with Crippen LogP contribution in [0, 0.1) is 12.7 Å². The second kappa shape index (κ2) is 9.01. The van der Waals surface area contributed by atoms with Gasteiger partial charge in [-0.25, -0.2) is 9.07 Å². The second-order valence-electron chi connectivity index (χ2n) is 7.52. The molecule has 0 unspecified atom stereocenters. The lowest BCUT2D eigenvalue weighted by Gasteiger charge is -2.30. The summed E-state index contributed by atoms with van der Waals surface area (Å²) in [7, 11) is 0. The van der Waals surface area contributed by atoms with Crippen LogP contribution in [0.2, 0.25) is 0 Å². The van der Waals surface area contributed by atoms with Crippen molar-refractivity contribution in [2.45, 2.75) is 19.8 Å². The predicted octanol–water partition coefficient (Wildman–Crippen LogP) is 1.89. The molecular formula is C23H22FN5O3. The Morgan fingerprint density at radius 1 is 1.06 bits per heavy atom. The third-order valence-electron chi connectivity index (χ3n) is 5.26. The molecule has 8 nitrogen and oxygen atoms in total. The molecule has 0 aliphatic carbocycles. The summed E-state index contributed by atoms with van der Waals surface area (Å²) >= 11 is 0. The van der Waals surface area contributed by atoms with Gasteiger partial charge in [-0.1, -0.05) is 30.3 Å². The summed E-state index contributed by atoms with van der Waals surface area (Å²) < 4.78 is 15.3. The molecule has 3 aromatic rings. The summed E-state index contributed by atoms with van der Waals surface area (Å²) in [5.74, 6) is -1.86. The maximum atomic E-state index is 14.2. The first-order valence-electron chi connectivity index (χ1n) is 10.2. The van der Waals surface area contributed by atoms with Crippen LogP contribution in [-0.2, 0) is 11.2 Å². The topological polar surface area (TPSA) is 96.3 Å². The number of anilines is 1. The number of nitrogens with one attached hydrogen (secondary N) is 2. The Hall–Kier alpha value is -4.01. The number of benzene rings is 2. The fourth-order valence-electron chi connectivity index (χ4n) is 3.75. The zero-order valence-corrected chi connectivity index (χ0v) is 17.5. The van der Waals surface area contributed by atoms with E-state index in [0.717, 1.165) is 25.1 Å². The number of carbonyl (C=O) groups excluding carboxylic acids is 2. The molecule has 9 heteroatoms. The van der Waals surface area contributed by atoms with Gasteiger partial charge in [0.05, 0.1) is 6.54 Å². The Kier molecular flexibility index (Phi) is 5.98. The highest BCUT2D eigenvalue weighted by molar-refractivity contribution is 5.94. The van der Waals surface area contributed by atoms with Crippen molar-refractivity contribution in [3.8, 4) is 5.69 Å². The van der Waals surface area contributed by atoms with Gasteiger partial charge in [0.1, 0.15) is 11.5 Å². The maximum Gasteiger partial charge on any atom is 0.294 e. The number of halogens is 1. The minimum absolute atomic E-state index is 0.0536. The van der Waals surface area contributed by atoms with Gasteiger partial charge in [0.2, 0.25) is 5.43 Å². The number of hydrogen-bond acceptors (Lipinski definition) is 5. The number of hydrazine groups is 1. The highest BCUT2D eigenvalue weighted by atomic mass is 19.1. The van der Waals surface area contributed by atoms with Crippen LogP contribution in [0.4, 0.5) is 10.1 Å². The van der Waals surface area contributed by atoms with Gasteiger partial charge in [-0.2, -0.15) is 5.10 Å². The summed E-state index contributed by atoms with van der Waals surface area (Å²) in [6.45, 7) is 2.37. The Bertz CT molecular complexity index is 1240. The predicted molar refractivity (Wildman–Crippen MR) is 117 cm³/mol. The molecule has 1 aliphatic rings. The van der Waals surface area contributed by atoms with Gasteiger partial charge in [-0.3, -0.25) is 25.2 Å². The quantitative estimate of drug-likeness (QED) is 0.611. The number of carbonyl (C=O) groups is 2. The van der Waals surface area contributed by atoms with E-state index in [2.05, 4.69) is 16.0 Å². The molecule has 0 saturated carbocycles. The number of aryl methyl sites for hydroxylation is 2. The first-order valence-corrected chi connectivity index (χ1v) is 10.2. The molecule has 0 saturated heterocycles. The molecule has 32 heavy (non-hydrogen) atoms. The minimum Gasteiger partial charge on any atom is -0.362 e. The Morgan fingerprint density at radius 2 is 1.78 bits per heavy atom. The number of para-hydroxylation sites is 2. The first kappa shape index (κ1) is 21.2. The van der Waals surface area contributed by atoms with E-state index in [4.69, 9.17) is 0 Å². The van der Waals surface area contributed by atoms with Gasteiger partial charge in [0, 0.05) is 24.0 Å². The first-order chi connectivity index (χ1) is 15.4. The van der Waals surface area contributed by atoms with Gasteiger partial charge in [-0.05, 0) is 43.5 Å². The van der Waals surface area contributed by atoms with Crippen LogP contribution in [0.3, 0.4) is 0 Å². The molecule has 2 amide bonds. The minimum atomic E-state index is -0.882. The van der Waals surface area contributed by atoms with Crippen LogP contribution in [0.1, 0.15) is 28.2 Å². The van der Waals surface area contributed by atoms with E-state index in [0.29, 0.717) is 5.69 Å². The van der Waals surface area contributed by atoms with Crippen LogP contribution in [0.5, 0.6) is 0 Å². The lowest BCUT2D eigenvalue weighted by molar-refractivity contribution is -0.120. The van der Waals surface area contributed by atoms with E-state index in [1.165, 1.54) is 34.5 Å². The van der Waals surface area contributed by atoms with Gasteiger partial charge in [0.15, 0.2) is 5.69 Å². The Balaban J connectivity index is 1.46. The van der Waals surface area contributed by atoms with E-state index in [1.807, 2.05) is 29.2 Å². The van der Waals surface area contributed by atoms with Crippen LogP contribution in [-0.4, -0.2) is 34.7 Å². The van der Waals surface area contributed by atoms with Gasteiger partial charge in [0.25, 0.3) is 11.8 Å². The summed E-state index contributed by atoms with van der Waals surface area (Å²) in [4.78, 5) is 39.2. The number of hydrogen-bond donors (Lipinski definition) is 2. The van der Waals surface area contributed by atoms with E-state index in [1.54, 1.807) is 13.0 Å². The number of fused-ring (bicyclic) bond motifs is 1. The van der Waals surface area contributed by atoms with Crippen molar-refractivity contribution in [1.29, 1.82) is 0 Å². The van der Waals surface area contributed by atoms with Crippen molar-refractivity contribution in [1.82, 2.24) is 20.6 Å². The third-order valence-corrected chi connectivity index (χ3v) is 5.26. The monoisotopic (exact) mass is 435 g/mol. The molecule has 1 aliphatic heterocycles. The van der Waals surface area contributed by atoms with Crippen molar-refractivity contribution >= 4 is 17.5 Å². The summed E-state index contributed by atoms with van der Waals surface area (Å²) in [6.07, 6.45) is 1.89. The molecule has 2 aromatic carbocycles. The SMILES string of the molecule is Cc1cc(=O)c(C(=O)NNC(=O)CN2CCCc3ccccc32)nn1-c1ccccc1F. The van der Waals surface area contributed by atoms with Crippen LogP contribution < -0.4 is 21.2 Å². The summed E-state index contributed by atoms with van der Waals surface area (Å²) in [5, 5.41) is 4.02. The smallest absolute Gasteiger partial charge is 0.294 e. The molecule has 164 valence electrons. The van der Waals surface area contributed by atoms with Crippen LogP contribution in [0.25, 0.3) is 5.69 Å². The summed E-state index contributed by atoms with van der Waals surface area (Å²) in [6, 6.07) is 15.0. The van der Waals surface area contributed by atoms with Gasteiger partial charge >= 0.3 is 0 Å². The molecule has 0 radical (unpaired) electrons. The number of rotatable bonds is 4. The Labute approximate surface area is 183 Å². The molecule has 2 N–H and O–H groups in total. The highest BCUT2D eigenvalue weighted by Gasteiger charge is 2.20. The van der Waals surface area contributed by atoms with Crippen LogP contribution >= 0.6 is 0 Å². The molecule has 4 rings (SSSR count). The molecule has 0 atom stereocenters. The van der Waals surface area contributed by atoms with Crippen molar-refractivity contribution < 1.29 is 14.0 Å². The zero-order chi connectivity index (χ0) is 22.7. The largest absolute Gasteiger partial charge is 0.362 e. The zero-order valence-electron chi connectivity index (χ0n) is 17.5. The van der Waals surface area contributed by atoms with Gasteiger partial charge < -0.3 is 4.90 Å². The molecule has 2 heterocycles. The maximum absolute atomic E-state index is 14.2. The lowest BCUT2D eigenvalue weighted by Crippen LogP contribution is -2.48. The third kappa shape index (κ3) is 4.36. The second-order valence-corrected chi connectivity index (χ2v) is 7.52. The lowest BCUT2D eigenvalue weighted by atomic mass is 10.0. The fraction of sp³-hybridized carbons (Fsp3) is 0.217. The van der Waals surface area contributed by atoms with E-state index in [-0.39, 0.29) is 12.2 Å². The normalized spacial score (nSPS) is 12.8. The molecule has 0 spiro atoms. The molecule has 0 bridgehead atoms. The average molecular weight is 435 g/mol. The summed E-state index contributed by atoms with van der Waals surface area (Å²) in [5.41, 5.74) is 6.11. The van der Waals surface area contributed by atoms with E-state index < -0.39 is 28.8 Å². The standard InChI is InChI=1S/C23H22FN5O3/c1-15-13-20(30)22(27-29(15)19-11-5-3-9-17(19)24)23(32)26-25-21(31)14-28-12-6-8-16-7-2-4-10-18(16)28/h2-5,7,9-11,13H,6,8,12,14H2,1H3,(H,25,31)(H,26,32). The number of amides is 2. The van der Waals surface area contributed by atoms with E-state index in [9.17, 15) is 18.8 Å². The van der Waals surface area contributed by atoms with Crippen molar-refractivity contribution in [3.05, 3.63) is 87.6 Å².